The summed E-state index contributed by atoms with van der Waals surface area (Å²) in [4.78, 5) is 13.5. The summed E-state index contributed by atoms with van der Waals surface area (Å²) < 4.78 is 6.00. The predicted octanol–water partition coefficient (Wildman–Crippen LogP) is 0.526. The molecule has 2 amide bonds. The third kappa shape index (κ3) is 6.09. The molecule has 0 aromatic carbocycles. The number of amides is 2. The molecule has 1 aliphatic rings. The first kappa shape index (κ1) is 13.5. The van der Waals surface area contributed by atoms with Crippen LogP contribution in [0.5, 0.6) is 0 Å². The van der Waals surface area contributed by atoms with E-state index < -0.39 is 0 Å². The van der Waals surface area contributed by atoms with Crippen LogP contribution in [0.15, 0.2) is 11.1 Å². The fourth-order valence-electron chi connectivity index (χ4n) is 1.39. The summed E-state index contributed by atoms with van der Waals surface area (Å²) in [7, 11) is 0. The van der Waals surface area contributed by atoms with E-state index in [2.05, 4.69) is 38.0 Å². The van der Waals surface area contributed by atoms with Crippen LogP contribution in [0.4, 0.5) is 4.79 Å². The number of hydrogen-bond donors (Lipinski definition) is 2. The van der Waals surface area contributed by atoms with Gasteiger partial charge in [-0.15, -0.1) is 0 Å². The second-order valence-electron chi connectivity index (χ2n) is 3.58. The number of nitrogens with zero attached hydrogens (tertiary/aromatic N) is 1. The Hall–Kier alpha value is -0.590. The van der Waals surface area contributed by atoms with Crippen molar-refractivity contribution in [2.75, 3.05) is 45.9 Å². The lowest BCUT2D eigenvalue weighted by atomic mass is 10.4. The quantitative estimate of drug-likeness (QED) is 0.777. The van der Waals surface area contributed by atoms with Gasteiger partial charge in [-0.1, -0.05) is 22.5 Å². The van der Waals surface area contributed by atoms with Crippen molar-refractivity contribution in [1.29, 1.82) is 0 Å². The number of morpholine rings is 1. The van der Waals surface area contributed by atoms with Crippen molar-refractivity contribution < 1.29 is 9.53 Å². The normalized spacial score (nSPS) is 16.8. The molecule has 6 heteroatoms. The molecule has 1 fully saturated rings. The number of carbonyl (C=O) groups excluding carboxylic acids is 1. The number of ether oxygens (including phenoxy) is 1. The Morgan fingerprint density at radius 1 is 1.38 bits per heavy atom. The summed E-state index contributed by atoms with van der Waals surface area (Å²) in [5.74, 6) is 0. The van der Waals surface area contributed by atoms with E-state index in [1.807, 2.05) is 0 Å². The van der Waals surface area contributed by atoms with Crippen LogP contribution in [0.1, 0.15) is 0 Å². The molecular weight excluding hydrogens is 274 g/mol. The van der Waals surface area contributed by atoms with Crippen molar-refractivity contribution in [3.63, 3.8) is 0 Å². The lowest BCUT2D eigenvalue weighted by molar-refractivity contribution is 0.0387. The number of carbonyl (C=O) groups is 1. The zero-order valence-electron chi connectivity index (χ0n) is 9.30. The highest BCUT2D eigenvalue weighted by atomic mass is 79.9. The molecule has 1 heterocycles. The Morgan fingerprint density at radius 3 is 2.69 bits per heavy atom. The van der Waals surface area contributed by atoms with Crippen LogP contribution in [0.25, 0.3) is 0 Å². The van der Waals surface area contributed by atoms with Crippen molar-refractivity contribution in [1.82, 2.24) is 15.5 Å². The predicted molar refractivity (Wildman–Crippen MR) is 66.7 cm³/mol. The fraction of sp³-hybridized carbons (Fsp3) is 0.700. The zero-order chi connectivity index (χ0) is 11.8. The van der Waals surface area contributed by atoms with Gasteiger partial charge in [0.1, 0.15) is 0 Å². The average molecular weight is 292 g/mol. The molecule has 0 aromatic rings. The molecule has 1 saturated heterocycles. The van der Waals surface area contributed by atoms with Gasteiger partial charge in [0.25, 0.3) is 0 Å². The van der Waals surface area contributed by atoms with E-state index in [4.69, 9.17) is 4.74 Å². The lowest BCUT2D eigenvalue weighted by Crippen LogP contribution is -2.43. The Morgan fingerprint density at radius 2 is 2.06 bits per heavy atom. The van der Waals surface area contributed by atoms with Gasteiger partial charge >= 0.3 is 6.03 Å². The van der Waals surface area contributed by atoms with E-state index in [0.717, 1.165) is 37.3 Å². The third-order valence-electron chi connectivity index (χ3n) is 2.26. The van der Waals surface area contributed by atoms with Gasteiger partial charge in [-0.25, -0.2) is 4.79 Å². The molecule has 0 aromatic heterocycles. The highest BCUT2D eigenvalue weighted by Gasteiger charge is 2.09. The summed E-state index contributed by atoms with van der Waals surface area (Å²) in [5.41, 5.74) is 0. The second kappa shape index (κ2) is 7.65. The average Bonchev–Trinajstić information content (AvgIpc) is 2.28. The number of rotatable bonds is 5. The van der Waals surface area contributed by atoms with Gasteiger partial charge < -0.3 is 15.4 Å². The minimum Gasteiger partial charge on any atom is -0.379 e. The van der Waals surface area contributed by atoms with E-state index in [9.17, 15) is 4.79 Å². The fourth-order valence-corrected chi connectivity index (χ4v) is 1.53. The van der Waals surface area contributed by atoms with Crippen molar-refractivity contribution in [3.8, 4) is 0 Å². The van der Waals surface area contributed by atoms with Gasteiger partial charge in [-0.05, 0) is 0 Å². The van der Waals surface area contributed by atoms with Crippen LogP contribution in [0.2, 0.25) is 0 Å². The highest BCUT2D eigenvalue weighted by Crippen LogP contribution is 1.96. The Bertz CT molecular complexity index is 242. The minimum absolute atomic E-state index is 0.158. The molecule has 5 nitrogen and oxygen atoms in total. The molecule has 2 N–H and O–H groups in total. The lowest BCUT2D eigenvalue weighted by Gasteiger charge is -2.26. The smallest absolute Gasteiger partial charge is 0.315 e. The number of urea groups is 1. The van der Waals surface area contributed by atoms with E-state index in [1.54, 1.807) is 0 Å². The summed E-state index contributed by atoms with van der Waals surface area (Å²) in [6.45, 7) is 9.07. The molecule has 0 bridgehead atoms. The minimum atomic E-state index is -0.158. The molecular formula is C10H18BrN3O2. The van der Waals surface area contributed by atoms with E-state index in [0.29, 0.717) is 13.1 Å². The summed E-state index contributed by atoms with van der Waals surface area (Å²) >= 11 is 3.17. The topological polar surface area (TPSA) is 53.6 Å². The number of nitrogens with one attached hydrogen (secondary N) is 2. The second-order valence-corrected chi connectivity index (χ2v) is 4.70. The monoisotopic (exact) mass is 291 g/mol. The van der Waals surface area contributed by atoms with Gasteiger partial charge in [0, 0.05) is 30.7 Å². The molecule has 92 valence electrons. The first-order chi connectivity index (χ1) is 7.68. The van der Waals surface area contributed by atoms with E-state index in [-0.39, 0.29) is 6.03 Å². The van der Waals surface area contributed by atoms with E-state index in [1.165, 1.54) is 0 Å². The molecule has 0 saturated carbocycles. The molecule has 0 unspecified atom stereocenters. The Labute approximate surface area is 104 Å². The van der Waals surface area contributed by atoms with Crippen LogP contribution in [0, 0.1) is 0 Å². The summed E-state index contributed by atoms with van der Waals surface area (Å²) in [5, 5.41) is 5.47. The van der Waals surface area contributed by atoms with Crippen molar-refractivity contribution in [3.05, 3.63) is 11.1 Å². The maximum absolute atomic E-state index is 11.3. The highest BCUT2D eigenvalue weighted by molar-refractivity contribution is 9.11. The summed E-state index contributed by atoms with van der Waals surface area (Å²) in [6, 6.07) is -0.158. The van der Waals surface area contributed by atoms with Gasteiger partial charge in [0.05, 0.1) is 19.8 Å². The largest absolute Gasteiger partial charge is 0.379 e. The van der Waals surface area contributed by atoms with Crippen molar-refractivity contribution >= 4 is 22.0 Å². The molecule has 0 spiro atoms. The van der Waals surface area contributed by atoms with Crippen LogP contribution in [-0.2, 0) is 4.74 Å². The van der Waals surface area contributed by atoms with Crippen molar-refractivity contribution in [2.45, 2.75) is 0 Å². The van der Waals surface area contributed by atoms with Crippen molar-refractivity contribution in [2.24, 2.45) is 0 Å². The first-order valence-corrected chi connectivity index (χ1v) is 6.13. The Balaban J connectivity index is 2.01. The molecule has 16 heavy (non-hydrogen) atoms. The Kier molecular flexibility index (Phi) is 6.44. The summed E-state index contributed by atoms with van der Waals surface area (Å²) in [6.07, 6.45) is 0. The van der Waals surface area contributed by atoms with Gasteiger partial charge in [0.15, 0.2) is 0 Å². The van der Waals surface area contributed by atoms with Gasteiger partial charge in [-0.3, -0.25) is 4.90 Å². The van der Waals surface area contributed by atoms with Crippen LogP contribution in [0.3, 0.4) is 0 Å². The molecule has 1 rings (SSSR count). The first-order valence-electron chi connectivity index (χ1n) is 5.33. The SMILES string of the molecule is C=C(Br)CNC(=O)NCCN1CCOCC1. The van der Waals surface area contributed by atoms with Gasteiger partial charge in [0.2, 0.25) is 0 Å². The standard InChI is InChI=1S/C10H18BrN3O2/c1-9(11)8-13-10(15)12-2-3-14-4-6-16-7-5-14/h1-8H2,(H2,12,13,15). The van der Waals surface area contributed by atoms with E-state index >= 15 is 0 Å². The van der Waals surface area contributed by atoms with Crippen LogP contribution < -0.4 is 10.6 Å². The number of hydrogen-bond acceptors (Lipinski definition) is 3. The molecule has 0 radical (unpaired) electrons. The third-order valence-corrected chi connectivity index (χ3v) is 2.54. The van der Waals surface area contributed by atoms with Crippen LogP contribution in [-0.4, -0.2) is 56.9 Å². The van der Waals surface area contributed by atoms with Gasteiger partial charge in [-0.2, -0.15) is 0 Å². The molecule has 1 aliphatic heterocycles. The molecule has 0 atom stereocenters. The molecule has 0 aliphatic carbocycles. The maximum Gasteiger partial charge on any atom is 0.315 e. The van der Waals surface area contributed by atoms with Crippen LogP contribution >= 0.6 is 15.9 Å². The zero-order valence-corrected chi connectivity index (χ0v) is 10.9. The number of halogens is 1. The maximum atomic E-state index is 11.3.